The van der Waals surface area contributed by atoms with Crippen molar-refractivity contribution in [3.8, 4) is 5.75 Å². The van der Waals surface area contributed by atoms with Gasteiger partial charge < -0.3 is 9.64 Å². The third-order valence-corrected chi connectivity index (χ3v) is 6.35. The van der Waals surface area contributed by atoms with Gasteiger partial charge in [-0.15, -0.1) is 0 Å². The number of likely N-dealkylation sites (N-methyl/N-ethyl adjacent to an activating group) is 1. The standard InChI is InChI=1S/C23H28N2O2/c1-24-17-20(19-8-4-2-5-9-19)16-23(24)12-14-25(15-13-23)22(26)18-27-21-10-6-3-7-11-21/h2-11,20H,12-18H2,1H3/t20-/m0/s1. The minimum atomic E-state index is 0.0916. The monoisotopic (exact) mass is 364 g/mol. The molecule has 27 heavy (non-hydrogen) atoms. The van der Waals surface area contributed by atoms with Crippen molar-refractivity contribution in [2.45, 2.75) is 30.7 Å². The van der Waals surface area contributed by atoms with E-state index < -0.39 is 0 Å². The molecule has 4 rings (SSSR count). The van der Waals surface area contributed by atoms with E-state index in [1.165, 1.54) is 12.0 Å². The van der Waals surface area contributed by atoms with Gasteiger partial charge in [0.05, 0.1) is 0 Å². The summed E-state index contributed by atoms with van der Waals surface area (Å²) in [6.45, 7) is 2.88. The molecule has 1 amide bonds. The fraction of sp³-hybridized carbons (Fsp3) is 0.435. The number of rotatable bonds is 4. The van der Waals surface area contributed by atoms with E-state index >= 15 is 0 Å². The van der Waals surface area contributed by atoms with E-state index in [-0.39, 0.29) is 18.1 Å². The Morgan fingerprint density at radius 2 is 1.67 bits per heavy atom. The Labute approximate surface area is 161 Å². The molecule has 2 aromatic carbocycles. The maximum atomic E-state index is 12.5. The van der Waals surface area contributed by atoms with Gasteiger partial charge in [-0.3, -0.25) is 9.69 Å². The van der Waals surface area contributed by atoms with Gasteiger partial charge >= 0.3 is 0 Å². The summed E-state index contributed by atoms with van der Waals surface area (Å²) in [5, 5.41) is 0. The zero-order valence-corrected chi connectivity index (χ0v) is 16.0. The Hall–Kier alpha value is -2.33. The molecule has 1 atom stereocenters. The lowest BCUT2D eigenvalue weighted by Crippen LogP contribution is -2.52. The second kappa shape index (κ2) is 7.73. The van der Waals surface area contributed by atoms with Gasteiger partial charge in [0.2, 0.25) is 0 Å². The van der Waals surface area contributed by atoms with Crippen LogP contribution in [-0.2, 0) is 4.79 Å². The number of likely N-dealkylation sites (tertiary alicyclic amines) is 2. The van der Waals surface area contributed by atoms with Gasteiger partial charge in [0, 0.05) is 25.2 Å². The largest absolute Gasteiger partial charge is 0.484 e. The Morgan fingerprint density at radius 3 is 2.33 bits per heavy atom. The summed E-state index contributed by atoms with van der Waals surface area (Å²) in [7, 11) is 2.25. The van der Waals surface area contributed by atoms with Crippen LogP contribution < -0.4 is 4.74 Å². The van der Waals surface area contributed by atoms with E-state index in [1.807, 2.05) is 35.2 Å². The normalized spacial score (nSPS) is 22.1. The van der Waals surface area contributed by atoms with Crippen LogP contribution in [0.15, 0.2) is 60.7 Å². The first kappa shape index (κ1) is 18.1. The summed E-state index contributed by atoms with van der Waals surface area (Å²) in [6.07, 6.45) is 3.28. The first-order chi connectivity index (χ1) is 13.2. The maximum Gasteiger partial charge on any atom is 0.260 e. The van der Waals surface area contributed by atoms with E-state index in [4.69, 9.17) is 4.74 Å². The van der Waals surface area contributed by atoms with Crippen LogP contribution in [0.5, 0.6) is 5.75 Å². The van der Waals surface area contributed by atoms with E-state index in [0.717, 1.165) is 38.2 Å². The molecular formula is C23H28N2O2. The molecule has 142 valence electrons. The fourth-order valence-electron chi connectivity index (χ4n) is 4.66. The topological polar surface area (TPSA) is 32.8 Å². The number of amides is 1. The van der Waals surface area contributed by atoms with Crippen molar-refractivity contribution >= 4 is 5.91 Å². The zero-order valence-electron chi connectivity index (χ0n) is 16.0. The van der Waals surface area contributed by atoms with Crippen LogP contribution >= 0.6 is 0 Å². The van der Waals surface area contributed by atoms with Crippen LogP contribution in [0.3, 0.4) is 0 Å². The number of carbonyl (C=O) groups is 1. The van der Waals surface area contributed by atoms with Crippen LogP contribution in [0.2, 0.25) is 0 Å². The molecule has 0 aromatic heterocycles. The van der Waals surface area contributed by atoms with Gasteiger partial charge in [-0.2, -0.15) is 0 Å². The quantitative estimate of drug-likeness (QED) is 0.832. The van der Waals surface area contributed by atoms with E-state index in [9.17, 15) is 4.79 Å². The second-order valence-corrected chi connectivity index (χ2v) is 7.90. The van der Waals surface area contributed by atoms with Crippen molar-refractivity contribution in [1.29, 1.82) is 0 Å². The molecule has 2 aromatic rings. The molecule has 0 aliphatic carbocycles. The highest BCUT2D eigenvalue weighted by atomic mass is 16.5. The molecule has 0 radical (unpaired) electrons. The molecular weight excluding hydrogens is 336 g/mol. The molecule has 2 heterocycles. The third kappa shape index (κ3) is 3.86. The number of nitrogens with zero attached hydrogens (tertiary/aromatic N) is 2. The molecule has 0 unspecified atom stereocenters. The number of carbonyl (C=O) groups excluding carboxylic acids is 1. The highest BCUT2D eigenvalue weighted by Crippen LogP contribution is 2.43. The number of piperidine rings is 1. The van der Waals surface area contributed by atoms with Crippen LogP contribution in [0.25, 0.3) is 0 Å². The lowest BCUT2D eigenvalue weighted by molar-refractivity contribution is -0.135. The molecule has 4 heteroatoms. The third-order valence-electron chi connectivity index (χ3n) is 6.35. The summed E-state index contributed by atoms with van der Waals surface area (Å²) in [4.78, 5) is 17.0. The van der Waals surface area contributed by atoms with Crippen molar-refractivity contribution in [3.05, 3.63) is 66.2 Å². The summed E-state index contributed by atoms with van der Waals surface area (Å²) in [6, 6.07) is 20.4. The summed E-state index contributed by atoms with van der Waals surface area (Å²) in [5.74, 6) is 1.44. The number of para-hydroxylation sites is 1. The smallest absolute Gasteiger partial charge is 0.260 e. The fourth-order valence-corrected chi connectivity index (χ4v) is 4.66. The summed E-state index contributed by atoms with van der Waals surface area (Å²) < 4.78 is 5.63. The highest BCUT2D eigenvalue weighted by Gasteiger charge is 2.46. The van der Waals surface area contributed by atoms with Gasteiger partial charge in [0.1, 0.15) is 5.75 Å². The van der Waals surface area contributed by atoms with Crippen molar-refractivity contribution in [2.24, 2.45) is 0 Å². The van der Waals surface area contributed by atoms with E-state index in [0.29, 0.717) is 5.92 Å². The van der Waals surface area contributed by atoms with Crippen LogP contribution in [0.1, 0.15) is 30.7 Å². The average Bonchev–Trinajstić information content (AvgIpc) is 3.04. The first-order valence-electron chi connectivity index (χ1n) is 9.88. The molecule has 2 aliphatic rings. The van der Waals surface area contributed by atoms with Crippen molar-refractivity contribution < 1.29 is 9.53 Å². The Kier molecular flexibility index (Phi) is 5.17. The van der Waals surface area contributed by atoms with Crippen LogP contribution in [-0.4, -0.2) is 54.5 Å². The Bertz CT molecular complexity index is 754. The van der Waals surface area contributed by atoms with Gasteiger partial charge in [-0.1, -0.05) is 48.5 Å². The molecule has 1 spiro atoms. The van der Waals surface area contributed by atoms with E-state index in [2.05, 4.69) is 42.3 Å². The van der Waals surface area contributed by atoms with Crippen LogP contribution in [0, 0.1) is 0 Å². The second-order valence-electron chi connectivity index (χ2n) is 7.90. The first-order valence-corrected chi connectivity index (χ1v) is 9.88. The van der Waals surface area contributed by atoms with Crippen LogP contribution in [0.4, 0.5) is 0 Å². The molecule has 2 fully saturated rings. The predicted molar refractivity (Wildman–Crippen MR) is 107 cm³/mol. The van der Waals surface area contributed by atoms with Gasteiger partial charge in [-0.25, -0.2) is 0 Å². The number of hydrogen-bond acceptors (Lipinski definition) is 3. The number of benzene rings is 2. The molecule has 0 N–H and O–H groups in total. The van der Waals surface area contributed by atoms with Gasteiger partial charge in [0.15, 0.2) is 6.61 Å². The lowest BCUT2D eigenvalue weighted by Gasteiger charge is -2.43. The SMILES string of the molecule is CN1C[C@@H](c2ccccc2)CC12CCN(C(=O)COc1ccccc1)CC2. The van der Waals surface area contributed by atoms with Gasteiger partial charge in [-0.05, 0) is 49.9 Å². The Balaban J connectivity index is 1.32. The maximum absolute atomic E-state index is 12.5. The average molecular weight is 364 g/mol. The summed E-state index contributed by atoms with van der Waals surface area (Å²) in [5.41, 5.74) is 1.67. The highest BCUT2D eigenvalue weighted by molar-refractivity contribution is 5.77. The minimum Gasteiger partial charge on any atom is -0.484 e. The lowest BCUT2D eigenvalue weighted by atomic mass is 9.81. The molecule has 4 nitrogen and oxygen atoms in total. The van der Waals surface area contributed by atoms with Gasteiger partial charge in [0.25, 0.3) is 5.91 Å². The number of ether oxygens (including phenoxy) is 1. The Morgan fingerprint density at radius 1 is 1.04 bits per heavy atom. The summed E-state index contributed by atoms with van der Waals surface area (Å²) >= 11 is 0. The zero-order chi connectivity index (χ0) is 18.7. The predicted octanol–water partition coefficient (Wildman–Crippen LogP) is 3.55. The van der Waals surface area contributed by atoms with Crippen molar-refractivity contribution in [2.75, 3.05) is 33.3 Å². The molecule has 2 aliphatic heterocycles. The molecule has 2 saturated heterocycles. The molecule has 0 bridgehead atoms. The minimum absolute atomic E-state index is 0.0916. The molecule has 0 saturated carbocycles. The van der Waals surface area contributed by atoms with Crippen molar-refractivity contribution in [1.82, 2.24) is 9.80 Å². The van der Waals surface area contributed by atoms with Crippen molar-refractivity contribution in [3.63, 3.8) is 0 Å². The van der Waals surface area contributed by atoms with E-state index in [1.54, 1.807) is 0 Å². The number of hydrogen-bond donors (Lipinski definition) is 0.